The highest BCUT2D eigenvalue weighted by Crippen LogP contribution is 2.44. The van der Waals surface area contributed by atoms with Gasteiger partial charge in [0.25, 0.3) is 0 Å². The quantitative estimate of drug-likeness (QED) is 0.321. The molecule has 0 saturated heterocycles. The van der Waals surface area contributed by atoms with Gasteiger partial charge in [-0.2, -0.15) is 0 Å². The van der Waals surface area contributed by atoms with Crippen LogP contribution < -0.4 is 10.1 Å². The Morgan fingerprint density at radius 1 is 1.00 bits per heavy atom. The van der Waals surface area contributed by atoms with E-state index in [-0.39, 0.29) is 5.41 Å². The smallest absolute Gasteiger partial charge is 0.223 e. The summed E-state index contributed by atoms with van der Waals surface area (Å²) in [4.78, 5) is 15.9. The molecule has 0 bridgehead atoms. The van der Waals surface area contributed by atoms with Gasteiger partial charge in [-0.1, -0.05) is 52.9 Å². The molecule has 0 atom stereocenters. The third-order valence-corrected chi connectivity index (χ3v) is 8.32. The van der Waals surface area contributed by atoms with Gasteiger partial charge < -0.3 is 10.1 Å². The molecule has 6 heteroatoms. The molecular formula is C28H38N4OS. The van der Waals surface area contributed by atoms with Gasteiger partial charge in [-0.25, -0.2) is 15.0 Å². The third-order valence-electron chi connectivity index (χ3n) is 6.94. The Kier molecular flexibility index (Phi) is 8.19. The maximum Gasteiger partial charge on any atom is 0.223 e. The number of aromatic nitrogens is 3. The van der Waals surface area contributed by atoms with Gasteiger partial charge in [0, 0.05) is 23.2 Å². The van der Waals surface area contributed by atoms with Crippen LogP contribution in [-0.4, -0.2) is 28.1 Å². The zero-order valence-corrected chi connectivity index (χ0v) is 21.9. The molecular weight excluding hydrogens is 440 g/mol. The Morgan fingerprint density at radius 3 is 2.35 bits per heavy atom. The molecule has 0 spiro atoms. The molecule has 3 aromatic rings. The summed E-state index contributed by atoms with van der Waals surface area (Å²) in [6, 6.07) is 10.7. The van der Waals surface area contributed by atoms with Crippen molar-refractivity contribution in [1.82, 2.24) is 15.0 Å². The molecule has 1 saturated carbocycles. The van der Waals surface area contributed by atoms with Crippen molar-refractivity contribution in [2.45, 2.75) is 90.0 Å². The van der Waals surface area contributed by atoms with Gasteiger partial charge >= 0.3 is 0 Å². The molecule has 2 aromatic heterocycles. The first-order valence-electron chi connectivity index (χ1n) is 12.8. The van der Waals surface area contributed by atoms with Crippen LogP contribution in [0.4, 0.5) is 5.95 Å². The van der Waals surface area contributed by atoms with E-state index in [1.54, 1.807) is 18.4 Å². The van der Waals surface area contributed by atoms with Crippen LogP contribution in [0.25, 0.3) is 21.8 Å². The monoisotopic (exact) mass is 478 g/mol. The van der Waals surface area contributed by atoms with Crippen LogP contribution in [0.15, 0.2) is 36.5 Å². The summed E-state index contributed by atoms with van der Waals surface area (Å²) in [5.74, 6) is 1.58. The molecule has 0 amide bonds. The van der Waals surface area contributed by atoms with E-state index in [1.165, 1.54) is 37.1 Å². The topological polar surface area (TPSA) is 59.9 Å². The third kappa shape index (κ3) is 5.60. The van der Waals surface area contributed by atoms with Crippen LogP contribution in [0.1, 0.15) is 83.6 Å². The van der Waals surface area contributed by atoms with Crippen molar-refractivity contribution in [2.75, 3.05) is 12.4 Å². The standard InChI is InChI=1S/C28H38N4OS/c1-5-17-28(3,18-6-2)26-32-24(20-12-14-22(33-4)15-13-20)25(34-26)23-16-19-29-27(31-23)30-21-10-8-7-9-11-21/h12-16,19,21H,5-11,17-18H2,1-4H3,(H,29,30,31). The number of ether oxygens (including phenoxy) is 1. The number of rotatable bonds is 10. The van der Waals surface area contributed by atoms with Crippen molar-refractivity contribution >= 4 is 17.3 Å². The minimum absolute atomic E-state index is 0.0733. The van der Waals surface area contributed by atoms with E-state index in [0.717, 1.165) is 59.2 Å². The van der Waals surface area contributed by atoms with E-state index in [2.05, 4.69) is 43.2 Å². The lowest BCUT2D eigenvalue weighted by molar-refractivity contribution is 0.390. The molecule has 182 valence electrons. The summed E-state index contributed by atoms with van der Waals surface area (Å²) in [5.41, 5.74) is 3.11. The molecule has 0 unspecified atom stereocenters. The largest absolute Gasteiger partial charge is 0.497 e. The first kappa shape index (κ1) is 24.6. The molecule has 1 aliphatic rings. The Morgan fingerprint density at radius 2 is 1.71 bits per heavy atom. The highest BCUT2D eigenvalue weighted by Gasteiger charge is 2.31. The molecule has 2 heterocycles. The number of nitrogens with zero attached hydrogens (tertiary/aromatic N) is 3. The van der Waals surface area contributed by atoms with Crippen molar-refractivity contribution in [3.8, 4) is 27.6 Å². The SMILES string of the molecule is CCCC(C)(CCC)c1nc(-c2ccc(OC)cc2)c(-c2ccnc(NC3CCCCC3)n2)s1. The fourth-order valence-corrected chi connectivity index (χ4v) is 6.38. The van der Waals surface area contributed by atoms with Gasteiger partial charge in [0.15, 0.2) is 0 Å². The molecule has 1 aliphatic carbocycles. The number of thiazole rings is 1. The number of methoxy groups -OCH3 is 1. The number of nitrogens with one attached hydrogen (secondary N) is 1. The van der Waals surface area contributed by atoms with Crippen molar-refractivity contribution in [3.63, 3.8) is 0 Å². The second-order valence-corrected chi connectivity index (χ2v) is 10.7. The lowest BCUT2D eigenvalue weighted by Crippen LogP contribution is -2.23. The Labute approximate surface area is 208 Å². The number of hydrogen-bond donors (Lipinski definition) is 1. The summed E-state index contributed by atoms with van der Waals surface area (Å²) >= 11 is 1.80. The van der Waals surface area contributed by atoms with Crippen LogP contribution >= 0.6 is 11.3 Å². The van der Waals surface area contributed by atoms with E-state index >= 15 is 0 Å². The second-order valence-electron chi connectivity index (χ2n) is 9.73. The summed E-state index contributed by atoms with van der Waals surface area (Å²) in [6.45, 7) is 6.90. The fourth-order valence-electron chi connectivity index (χ4n) is 5.12. The average molecular weight is 479 g/mol. The molecule has 5 nitrogen and oxygen atoms in total. The first-order chi connectivity index (χ1) is 16.6. The van der Waals surface area contributed by atoms with Gasteiger partial charge in [-0.15, -0.1) is 11.3 Å². The van der Waals surface area contributed by atoms with Crippen molar-refractivity contribution in [2.24, 2.45) is 0 Å². The van der Waals surface area contributed by atoms with E-state index in [1.807, 2.05) is 24.4 Å². The Hall–Kier alpha value is -2.47. The van der Waals surface area contributed by atoms with E-state index < -0.39 is 0 Å². The summed E-state index contributed by atoms with van der Waals surface area (Å²) < 4.78 is 5.38. The molecule has 0 aliphatic heterocycles. The van der Waals surface area contributed by atoms with Gasteiger partial charge in [0.05, 0.1) is 28.4 Å². The average Bonchev–Trinajstić information content (AvgIpc) is 3.32. The molecule has 4 rings (SSSR count). The molecule has 1 N–H and O–H groups in total. The maximum absolute atomic E-state index is 5.38. The normalized spacial score (nSPS) is 14.8. The molecule has 1 fully saturated rings. The predicted octanol–water partition coefficient (Wildman–Crippen LogP) is 7.88. The fraction of sp³-hybridized carbons (Fsp3) is 0.536. The van der Waals surface area contributed by atoms with Gasteiger partial charge in [-0.3, -0.25) is 0 Å². The number of benzene rings is 1. The second kappa shape index (κ2) is 11.3. The van der Waals surface area contributed by atoms with Crippen LogP contribution in [0, 0.1) is 0 Å². The lowest BCUT2D eigenvalue weighted by atomic mass is 9.82. The van der Waals surface area contributed by atoms with Gasteiger partial charge in [0.2, 0.25) is 5.95 Å². The van der Waals surface area contributed by atoms with Gasteiger partial charge in [0.1, 0.15) is 5.75 Å². The van der Waals surface area contributed by atoms with Crippen molar-refractivity contribution in [1.29, 1.82) is 0 Å². The lowest BCUT2D eigenvalue weighted by Gasteiger charge is -2.26. The predicted molar refractivity (Wildman–Crippen MR) is 143 cm³/mol. The minimum Gasteiger partial charge on any atom is -0.497 e. The number of hydrogen-bond acceptors (Lipinski definition) is 6. The Balaban J connectivity index is 1.75. The highest BCUT2D eigenvalue weighted by molar-refractivity contribution is 7.15. The van der Waals surface area contributed by atoms with E-state index in [0.29, 0.717) is 6.04 Å². The van der Waals surface area contributed by atoms with Gasteiger partial charge in [-0.05, 0) is 56.0 Å². The van der Waals surface area contributed by atoms with Crippen molar-refractivity contribution < 1.29 is 4.74 Å². The van der Waals surface area contributed by atoms with Crippen LogP contribution in [0.2, 0.25) is 0 Å². The van der Waals surface area contributed by atoms with E-state index in [9.17, 15) is 0 Å². The summed E-state index contributed by atoms with van der Waals surface area (Å²) in [5, 5.41) is 4.79. The minimum atomic E-state index is 0.0733. The zero-order valence-electron chi connectivity index (χ0n) is 21.1. The first-order valence-corrected chi connectivity index (χ1v) is 13.6. The Bertz CT molecular complexity index is 1050. The van der Waals surface area contributed by atoms with E-state index in [4.69, 9.17) is 14.7 Å². The number of anilines is 1. The van der Waals surface area contributed by atoms with Crippen LogP contribution in [-0.2, 0) is 5.41 Å². The van der Waals surface area contributed by atoms with Crippen LogP contribution in [0.5, 0.6) is 5.75 Å². The van der Waals surface area contributed by atoms with Crippen molar-refractivity contribution in [3.05, 3.63) is 41.5 Å². The summed E-state index contributed by atoms with van der Waals surface area (Å²) in [7, 11) is 1.70. The summed E-state index contributed by atoms with van der Waals surface area (Å²) in [6.07, 6.45) is 12.7. The zero-order chi connectivity index (χ0) is 24.0. The molecule has 0 radical (unpaired) electrons. The highest BCUT2D eigenvalue weighted by atomic mass is 32.1. The van der Waals surface area contributed by atoms with Crippen LogP contribution in [0.3, 0.4) is 0 Å². The molecule has 34 heavy (non-hydrogen) atoms. The molecule has 1 aromatic carbocycles. The maximum atomic E-state index is 5.38.